The van der Waals surface area contributed by atoms with Crippen LogP contribution in [0.25, 0.3) is 0 Å². The van der Waals surface area contributed by atoms with E-state index in [2.05, 4.69) is 22.1 Å². The lowest BCUT2D eigenvalue weighted by Gasteiger charge is -2.31. The predicted octanol–water partition coefficient (Wildman–Crippen LogP) is 0.768. The average molecular weight is 257 g/mol. The second-order valence-corrected chi connectivity index (χ2v) is 5.19. The Morgan fingerprint density at radius 1 is 1.71 bits per heavy atom. The van der Waals surface area contributed by atoms with E-state index in [1.807, 2.05) is 6.20 Å². The van der Waals surface area contributed by atoms with Gasteiger partial charge in [0.15, 0.2) is 5.13 Å². The lowest BCUT2D eigenvalue weighted by molar-refractivity contribution is -0.0548. The maximum Gasteiger partial charge on any atom is 0.182 e. The first-order valence-corrected chi connectivity index (χ1v) is 6.77. The summed E-state index contributed by atoms with van der Waals surface area (Å²) >= 11 is 1.69. The molecular weight excluding hydrogens is 238 g/mol. The molecule has 1 atom stereocenters. The number of nitrogens with zero attached hydrogens (tertiary/aromatic N) is 2. The molecule has 0 saturated carbocycles. The molecule has 1 aliphatic rings. The van der Waals surface area contributed by atoms with Gasteiger partial charge < -0.3 is 15.2 Å². The monoisotopic (exact) mass is 257 g/mol. The Bertz CT molecular complexity index is 345. The van der Waals surface area contributed by atoms with E-state index in [-0.39, 0.29) is 12.7 Å². The van der Waals surface area contributed by atoms with Gasteiger partial charge in [0.25, 0.3) is 0 Å². The normalized spacial score (nSPS) is 21.6. The molecule has 0 spiro atoms. The summed E-state index contributed by atoms with van der Waals surface area (Å²) in [6.45, 7) is 6.37. The lowest BCUT2D eigenvalue weighted by Crippen LogP contribution is -2.43. The fourth-order valence-corrected chi connectivity index (χ4v) is 2.79. The molecule has 2 rings (SSSR count). The standard InChI is InChI=1S/C11H19N3O2S/c1-2-12-11-13-5-10(17-11)7-14-3-4-16-9(6-14)8-15/h5,9,15H,2-4,6-8H2,1H3,(H,12,13). The van der Waals surface area contributed by atoms with Crippen LogP contribution in [0.5, 0.6) is 0 Å². The first-order chi connectivity index (χ1) is 8.31. The van der Waals surface area contributed by atoms with Crippen LogP contribution in [-0.4, -0.2) is 53.9 Å². The zero-order chi connectivity index (χ0) is 12.1. The minimum absolute atomic E-state index is 0.0371. The highest BCUT2D eigenvalue weighted by molar-refractivity contribution is 7.15. The molecule has 0 radical (unpaired) electrons. The molecule has 6 heteroatoms. The van der Waals surface area contributed by atoms with E-state index in [4.69, 9.17) is 9.84 Å². The van der Waals surface area contributed by atoms with Gasteiger partial charge in [0, 0.05) is 37.3 Å². The number of rotatable bonds is 5. The van der Waals surface area contributed by atoms with Gasteiger partial charge in [-0.1, -0.05) is 0 Å². The molecule has 5 nitrogen and oxygen atoms in total. The van der Waals surface area contributed by atoms with Crippen LogP contribution < -0.4 is 5.32 Å². The molecule has 2 heterocycles. The maximum absolute atomic E-state index is 9.08. The first kappa shape index (κ1) is 12.8. The van der Waals surface area contributed by atoms with Crippen LogP contribution in [0.2, 0.25) is 0 Å². The van der Waals surface area contributed by atoms with Crippen molar-refractivity contribution in [3.05, 3.63) is 11.1 Å². The van der Waals surface area contributed by atoms with Crippen LogP contribution in [0.3, 0.4) is 0 Å². The molecule has 96 valence electrons. The highest BCUT2D eigenvalue weighted by Crippen LogP contribution is 2.20. The molecule has 17 heavy (non-hydrogen) atoms. The Labute approximate surface area is 105 Å². The van der Waals surface area contributed by atoms with E-state index in [1.165, 1.54) is 4.88 Å². The summed E-state index contributed by atoms with van der Waals surface area (Å²) in [5.41, 5.74) is 0. The molecular formula is C11H19N3O2S. The third-order valence-corrected chi connectivity index (χ3v) is 3.63. The van der Waals surface area contributed by atoms with E-state index in [0.717, 1.165) is 31.3 Å². The molecule has 1 saturated heterocycles. The zero-order valence-electron chi connectivity index (χ0n) is 10.1. The van der Waals surface area contributed by atoms with Crippen molar-refractivity contribution in [3.63, 3.8) is 0 Å². The number of morpholine rings is 1. The summed E-state index contributed by atoms with van der Waals surface area (Å²) < 4.78 is 5.42. The highest BCUT2D eigenvalue weighted by Gasteiger charge is 2.20. The van der Waals surface area contributed by atoms with Crippen LogP contribution in [-0.2, 0) is 11.3 Å². The van der Waals surface area contributed by atoms with Gasteiger partial charge in [-0.3, -0.25) is 4.90 Å². The van der Waals surface area contributed by atoms with Crippen molar-refractivity contribution in [1.29, 1.82) is 0 Å². The number of aliphatic hydroxyl groups is 1. The van der Waals surface area contributed by atoms with Gasteiger partial charge in [0.05, 0.1) is 19.3 Å². The van der Waals surface area contributed by atoms with Crippen molar-refractivity contribution < 1.29 is 9.84 Å². The average Bonchev–Trinajstić information content (AvgIpc) is 2.77. The molecule has 1 aromatic heterocycles. The molecule has 0 amide bonds. The third-order valence-electron chi connectivity index (χ3n) is 2.69. The number of anilines is 1. The van der Waals surface area contributed by atoms with Crippen molar-refractivity contribution in [2.75, 3.05) is 38.2 Å². The van der Waals surface area contributed by atoms with Crippen molar-refractivity contribution in [3.8, 4) is 0 Å². The summed E-state index contributed by atoms with van der Waals surface area (Å²) in [5.74, 6) is 0. The number of ether oxygens (including phenoxy) is 1. The number of nitrogens with one attached hydrogen (secondary N) is 1. The Kier molecular flexibility index (Phi) is 4.73. The number of hydrogen-bond donors (Lipinski definition) is 2. The second kappa shape index (κ2) is 6.30. The molecule has 1 fully saturated rings. The zero-order valence-corrected chi connectivity index (χ0v) is 10.9. The predicted molar refractivity (Wildman–Crippen MR) is 68.4 cm³/mol. The van der Waals surface area contributed by atoms with Gasteiger partial charge in [-0.15, -0.1) is 11.3 Å². The van der Waals surface area contributed by atoms with E-state index >= 15 is 0 Å². The number of aromatic nitrogens is 1. The van der Waals surface area contributed by atoms with Crippen LogP contribution in [0, 0.1) is 0 Å². The summed E-state index contributed by atoms with van der Waals surface area (Å²) in [5, 5.41) is 13.3. The van der Waals surface area contributed by atoms with Crippen LogP contribution in [0.15, 0.2) is 6.20 Å². The lowest BCUT2D eigenvalue weighted by atomic mass is 10.3. The molecule has 0 aromatic carbocycles. The molecule has 1 aromatic rings. The summed E-state index contributed by atoms with van der Waals surface area (Å²) in [7, 11) is 0. The van der Waals surface area contributed by atoms with E-state index in [9.17, 15) is 0 Å². The van der Waals surface area contributed by atoms with E-state index in [0.29, 0.717) is 6.61 Å². The number of thiazole rings is 1. The van der Waals surface area contributed by atoms with Crippen molar-refractivity contribution in [2.24, 2.45) is 0 Å². The minimum Gasteiger partial charge on any atom is -0.394 e. The third kappa shape index (κ3) is 3.64. The SMILES string of the molecule is CCNc1ncc(CN2CCOC(CO)C2)s1. The van der Waals surface area contributed by atoms with Gasteiger partial charge in [0.1, 0.15) is 0 Å². The van der Waals surface area contributed by atoms with Crippen LogP contribution in [0.1, 0.15) is 11.8 Å². The van der Waals surface area contributed by atoms with Crippen LogP contribution in [0.4, 0.5) is 5.13 Å². The first-order valence-electron chi connectivity index (χ1n) is 5.95. The second-order valence-electron chi connectivity index (χ2n) is 4.07. The van der Waals surface area contributed by atoms with Gasteiger partial charge >= 0.3 is 0 Å². The van der Waals surface area contributed by atoms with Gasteiger partial charge in [-0.05, 0) is 6.92 Å². The Morgan fingerprint density at radius 3 is 3.35 bits per heavy atom. The van der Waals surface area contributed by atoms with E-state index in [1.54, 1.807) is 11.3 Å². The number of hydrogen-bond acceptors (Lipinski definition) is 6. The Balaban J connectivity index is 1.86. The van der Waals surface area contributed by atoms with Crippen molar-refractivity contribution >= 4 is 16.5 Å². The van der Waals surface area contributed by atoms with Crippen molar-refractivity contribution in [1.82, 2.24) is 9.88 Å². The molecule has 0 aliphatic carbocycles. The fourth-order valence-electron chi connectivity index (χ4n) is 1.87. The smallest absolute Gasteiger partial charge is 0.182 e. The molecule has 1 aliphatic heterocycles. The molecule has 2 N–H and O–H groups in total. The number of aliphatic hydroxyl groups excluding tert-OH is 1. The summed E-state index contributed by atoms with van der Waals surface area (Å²) in [6, 6.07) is 0. The maximum atomic E-state index is 9.08. The van der Waals surface area contributed by atoms with Gasteiger partial charge in [-0.25, -0.2) is 4.98 Å². The largest absolute Gasteiger partial charge is 0.394 e. The quantitative estimate of drug-likeness (QED) is 0.816. The Hall–Kier alpha value is -0.690. The molecule has 0 bridgehead atoms. The van der Waals surface area contributed by atoms with E-state index < -0.39 is 0 Å². The molecule has 1 unspecified atom stereocenters. The highest BCUT2D eigenvalue weighted by atomic mass is 32.1. The summed E-state index contributed by atoms with van der Waals surface area (Å²) in [6.07, 6.45) is 1.89. The van der Waals surface area contributed by atoms with Gasteiger partial charge in [0.2, 0.25) is 0 Å². The summed E-state index contributed by atoms with van der Waals surface area (Å²) in [4.78, 5) is 7.86. The Morgan fingerprint density at radius 2 is 2.59 bits per heavy atom. The van der Waals surface area contributed by atoms with Gasteiger partial charge in [-0.2, -0.15) is 0 Å². The van der Waals surface area contributed by atoms with Crippen LogP contribution >= 0.6 is 11.3 Å². The minimum atomic E-state index is -0.0371. The van der Waals surface area contributed by atoms with Crippen molar-refractivity contribution in [2.45, 2.75) is 19.6 Å². The fraction of sp³-hybridized carbons (Fsp3) is 0.727. The topological polar surface area (TPSA) is 57.6 Å².